The van der Waals surface area contributed by atoms with E-state index in [9.17, 15) is 18.0 Å². The molecule has 0 spiro atoms. The smallest absolute Gasteiger partial charge is 0.419 e. The SMILES string of the molecule is COc1ccc(-c2ccnc(NC(C)=O)c2)cc1C(F)(F)F. The minimum atomic E-state index is -4.52. The number of alkyl halides is 3. The summed E-state index contributed by atoms with van der Waals surface area (Å²) in [4.78, 5) is 14.9. The summed E-state index contributed by atoms with van der Waals surface area (Å²) in [6, 6.07) is 6.85. The van der Waals surface area contributed by atoms with Gasteiger partial charge >= 0.3 is 6.18 Å². The zero-order valence-corrected chi connectivity index (χ0v) is 11.9. The van der Waals surface area contributed by atoms with Gasteiger partial charge in [-0.25, -0.2) is 4.98 Å². The molecule has 0 atom stereocenters. The number of ether oxygens (including phenoxy) is 1. The molecule has 2 rings (SSSR count). The summed E-state index contributed by atoms with van der Waals surface area (Å²) in [6.45, 7) is 1.32. The zero-order chi connectivity index (χ0) is 16.3. The predicted molar refractivity (Wildman–Crippen MR) is 75.5 cm³/mol. The van der Waals surface area contributed by atoms with Crippen molar-refractivity contribution in [1.82, 2.24) is 4.98 Å². The van der Waals surface area contributed by atoms with E-state index >= 15 is 0 Å². The minimum Gasteiger partial charge on any atom is -0.496 e. The molecule has 2 aromatic rings. The number of benzene rings is 1. The number of aromatic nitrogens is 1. The van der Waals surface area contributed by atoms with Gasteiger partial charge in [-0.3, -0.25) is 4.79 Å². The Morgan fingerprint density at radius 1 is 1.18 bits per heavy atom. The molecule has 1 heterocycles. The molecule has 1 aromatic heterocycles. The number of carbonyl (C=O) groups is 1. The summed E-state index contributed by atoms with van der Waals surface area (Å²) in [5.41, 5.74) is -0.000538. The van der Waals surface area contributed by atoms with E-state index in [0.29, 0.717) is 11.1 Å². The highest BCUT2D eigenvalue weighted by Gasteiger charge is 2.34. The van der Waals surface area contributed by atoms with Crippen molar-refractivity contribution in [1.29, 1.82) is 0 Å². The van der Waals surface area contributed by atoms with Crippen molar-refractivity contribution in [3.05, 3.63) is 42.1 Å². The number of halogens is 3. The van der Waals surface area contributed by atoms with Crippen LogP contribution in [0, 0.1) is 0 Å². The predicted octanol–water partition coefficient (Wildman–Crippen LogP) is 3.73. The van der Waals surface area contributed by atoms with Crippen LogP contribution >= 0.6 is 0 Å². The van der Waals surface area contributed by atoms with Crippen molar-refractivity contribution in [3.8, 4) is 16.9 Å². The first-order valence-corrected chi connectivity index (χ1v) is 6.30. The molecule has 0 aliphatic heterocycles. The van der Waals surface area contributed by atoms with Gasteiger partial charge in [0.2, 0.25) is 5.91 Å². The Balaban J connectivity index is 2.47. The number of anilines is 1. The highest BCUT2D eigenvalue weighted by molar-refractivity contribution is 5.88. The van der Waals surface area contributed by atoms with E-state index in [2.05, 4.69) is 10.3 Å². The number of pyridine rings is 1. The van der Waals surface area contributed by atoms with E-state index in [1.807, 2.05) is 0 Å². The van der Waals surface area contributed by atoms with Crippen molar-refractivity contribution in [2.24, 2.45) is 0 Å². The van der Waals surface area contributed by atoms with E-state index in [-0.39, 0.29) is 17.5 Å². The van der Waals surface area contributed by atoms with Gasteiger partial charge in [0.25, 0.3) is 0 Å². The molecule has 0 radical (unpaired) electrons. The van der Waals surface area contributed by atoms with Crippen molar-refractivity contribution in [3.63, 3.8) is 0 Å². The highest BCUT2D eigenvalue weighted by Crippen LogP contribution is 2.38. The van der Waals surface area contributed by atoms with E-state index < -0.39 is 11.7 Å². The monoisotopic (exact) mass is 310 g/mol. The molecule has 0 aliphatic rings. The lowest BCUT2D eigenvalue weighted by molar-refractivity contribution is -0.138. The first-order valence-electron chi connectivity index (χ1n) is 6.30. The van der Waals surface area contributed by atoms with Crippen LogP contribution in [0.2, 0.25) is 0 Å². The first-order chi connectivity index (χ1) is 10.3. The van der Waals surface area contributed by atoms with E-state index in [1.54, 1.807) is 6.07 Å². The van der Waals surface area contributed by atoms with Gasteiger partial charge in [-0.2, -0.15) is 13.2 Å². The normalized spacial score (nSPS) is 11.1. The fraction of sp³-hybridized carbons (Fsp3) is 0.200. The molecule has 0 bridgehead atoms. The van der Waals surface area contributed by atoms with Crippen molar-refractivity contribution >= 4 is 11.7 Å². The molecular formula is C15H13F3N2O2. The maximum Gasteiger partial charge on any atom is 0.419 e. The lowest BCUT2D eigenvalue weighted by atomic mass is 10.0. The third-order valence-corrected chi connectivity index (χ3v) is 2.90. The molecular weight excluding hydrogens is 297 g/mol. The van der Waals surface area contributed by atoms with Gasteiger partial charge in [0.1, 0.15) is 11.6 Å². The fourth-order valence-electron chi connectivity index (χ4n) is 1.97. The molecule has 1 N–H and O–H groups in total. The van der Waals surface area contributed by atoms with Gasteiger partial charge in [0, 0.05) is 13.1 Å². The second-order valence-electron chi connectivity index (χ2n) is 4.52. The number of carbonyl (C=O) groups excluding carboxylic acids is 1. The third kappa shape index (κ3) is 3.55. The fourth-order valence-corrected chi connectivity index (χ4v) is 1.97. The zero-order valence-electron chi connectivity index (χ0n) is 11.9. The Morgan fingerprint density at radius 2 is 1.86 bits per heavy atom. The summed E-state index contributed by atoms with van der Waals surface area (Å²) >= 11 is 0. The average Bonchev–Trinajstić information content (AvgIpc) is 2.45. The lowest BCUT2D eigenvalue weighted by Gasteiger charge is -2.14. The molecule has 4 nitrogen and oxygen atoms in total. The van der Waals surface area contributed by atoms with Gasteiger partial charge < -0.3 is 10.1 Å². The topological polar surface area (TPSA) is 51.2 Å². The molecule has 7 heteroatoms. The van der Waals surface area contributed by atoms with Gasteiger partial charge in [-0.15, -0.1) is 0 Å². The number of methoxy groups -OCH3 is 1. The van der Waals surface area contributed by atoms with Crippen LogP contribution in [0.3, 0.4) is 0 Å². The highest BCUT2D eigenvalue weighted by atomic mass is 19.4. The maximum atomic E-state index is 13.0. The van der Waals surface area contributed by atoms with Crippen LogP contribution in [0.25, 0.3) is 11.1 Å². The standard InChI is InChI=1S/C15H13F3N2O2/c1-9(21)20-14-8-11(5-6-19-14)10-3-4-13(22-2)12(7-10)15(16,17)18/h3-8H,1-2H3,(H,19,20,21). The van der Waals surface area contributed by atoms with E-state index in [0.717, 1.165) is 6.07 Å². The maximum absolute atomic E-state index is 13.0. The number of hydrogen-bond donors (Lipinski definition) is 1. The van der Waals surface area contributed by atoms with Crippen LogP contribution in [-0.2, 0) is 11.0 Å². The van der Waals surface area contributed by atoms with Crippen molar-refractivity contribution in [2.75, 3.05) is 12.4 Å². The molecule has 0 aliphatic carbocycles. The number of rotatable bonds is 3. The van der Waals surface area contributed by atoms with Crippen molar-refractivity contribution < 1.29 is 22.7 Å². The lowest BCUT2D eigenvalue weighted by Crippen LogP contribution is -2.08. The van der Waals surface area contributed by atoms with Gasteiger partial charge in [0.15, 0.2) is 0 Å². The Morgan fingerprint density at radius 3 is 2.45 bits per heavy atom. The van der Waals surface area contributed by atoms with Crippen LogP contribution in [0.4, 0.5) is 19.0 Å². The molecule has 0 fully saturated rings. The quantitative estimate of drug-likeness (QED) is 0.939. The van der Waals surface area contributed by atoms with Crippen LogP contribution in [0.15, 0.2) is 36.5 Å². The Hall–Kier alpha value is -2.57. The van der Waals surface area contributed by atoms with Crippen LogP contribution in [0.5, 0.6) is 5.75 Å². The largest absolute Gasteiger partial charge is 0.496 e. The molecule has 0 saturated heterocycles. The summed E-state index contributed by atoms with van der Waals surface area (Å²) in [5, 5.41) is 2.49. The molecule has 1 amide bonds. The number of nitrogens with zero attached hydrogens (tertiary/aromatic N) is 1. The molecule has 22 heavy (non-hydrogen) atoms. The van der Waals surface area contributed by atoms with E-state index in [1.165, 1.54) is 38.4 Å². The summed E-state index contributed by atoms with van der Waals surface area (Å²) in [5.74, 6) is -0.280. The van der Waals surface area contributed by atoms with Gasteiger partial charge in [-0.05, 0) is 35.4 Å². The Kier molecular flexibility index (Phi) is 4.35. The Labute approximate surface area is 124 Å². The van der Waals surface area contributed by atoms with E-state index in [4.69, 9.17) is 4.74 Å². The number of nitrogens with one attached hydrogen (secondary N) is 1. The molecule has 0 unspecified atom stereocenters. The third-order valence-electron chi connectivity index (χ3n) is 2.90. The Bertz CT molecular complexity index is 699. The minimum absolute atomic E-state index is 0.243. The first kappa shape index (κ1) is 15.8. The second kappa shape index (κ2) is 6.05. The van der Waals surface area contributed by atoms with Crippen LogP contribution < -0.4 is 10.1 Å². The molecule has 0 saturated carbocycles. The average molecular weight is 310 g/mol. The van der Waals surface area contributed by atoms with Gasteiger partial charge in [0.05, 0.1) is 12.7 Å². The summed E-state index contributed by atoms with van der Waals surface area (Å²) < 4.78 is 43.8. The van der Waals surface area contributed by atoms with Gasteiger partial charge in [-0.1, -0.05) is 6.07 Å². The second-order valence-corrected chi connectivity index (χ2v) is 4.52. The van der Waals surface area contributed by atoms with Crippen LogP contribution in [0.1, 0.15) is 12.5 Å². The summed E-state index contributed by atoms with van der Waals surface area (Å²) in [7, 11) is 1.19. The summed E-state index contributed by atoms with van der Waals surface area (Å²) in [6.07, 6.45) is -3.10. The molecule has 1 aromatic carbocycles. The number of amides is 1. The van der Waals surface area contributed by atoms with Crippen molar-refractivity contribution in [2.45, 2.75) is 13.1 Å². The van der Waals surface area contributed by atoms with Crippen LogP contribution in [-0.4, -0.2) is 18.0 Å². The molecule has 116 valence electrons. The number of hydrogen-bond acceptors (Lipinski definition) is 3.